The lowest BCUT2D eigenvalue weighted by Gasteiger charge is -2.19. The Labute approximate surface area is 231 Å². The van der Waals surface area contributed by atoms with Gasteiger partial charge in [-0.1, -0.05) is 42.5 Å². The summed E-state index contributed by atoms with van der Waals surface area (Å²) in [5.74, 6) is 1.33. The van der Waals surface area contributed by atoms with Crippen LogP contribution in [0.3, 0.4) is 0 Å². The van der Waals surface area contributed by atoms with E-state index in [1.54, 1.807) is 19.5 Å². The lowest BCUT2D eigenvalue weighted by atomic mass is 9.94. The van der Waals surface area contributed by atoms with Crippen LogP contribution in [-0.2, 0) is 28.6 Å². The van der Waals surface area contributed by atoms with Gasteiger partial charge < -0.3 is 9.47 Å². The molecule has 5 rings (SSSR count). The molecule has 1 aliphatic rings. The van der Waals surface area contributed by atoms with Crippen LogP contribution in [0.1, 0.15) is 42.4 Å². The zero-order valence-corrected chi connectivity index (χ0v) is 23.0. The van der Waals surface area contributed by atoms with Crippen molar-refractivity contribution >= 4 is 15.7 Å². The van der Waals surface area contributed by atoms with E-state index in [4.69, 9.17) is 9.47 Å². The van der Waals surface area contributed by atoms with Crippen molar-refractivity contribution in [3.05, 3.63) is 108 Å². The van der Waals surface area contributed by atoms with Gasteiger partial charge in [0.25, 0.3) is 0 Å². The highest BCUT2D eigenvalue weighted by atomic mass is 32.2. The average molecular weight is 543 g/mol. The zero-order chi connectivity index (χ0) is 27.1. The third kappa shape index (κ3) is 7.18. The van der Waals surface area contributed by atoms with E-state index < -0.39 is 10.0 Å². The largest absolute Gasteiger partial charge is 0.493 e. The first-order valence-corrected chi connectivity index (χ1v) is 15.1. The molecule has 39 heavy (non-hydrogen) atoms. The highest BCUT2D eigenvalue weighted by molar-refractivity contribution is 7.91. The fourth-order valence-corrected chi connectivity index (χ4v) is 6.28. The Balaban J connectivity index is 1.47. The molecule has 0 spiro atoms. The minimum absolute atomic E-state index is 0.0884. The number of methoxy groups -OCH3 is 1. The van der Waals surface area contributed by atoms with E-state index in [1.807, 2.05) is 78.9 Å². The van der Waals surface area contributed by atoms with Gasteiger partial charge in [-0.2, -0.15) is 0 Å². The maximum absolute atomic E-state index is 13.0. The fourth-order valence-electron chi connectivity index (χ4n) is 5.09. The van der Waals surface area contributed by atoms with Crippen molar-refractivity contribution in [2.75, 3.05) is 11.8 Å². The molecule has 1 saturated carbocycles. The Morgan fingerprint density at radius 1 is 0.846 bits per heavy atom. The van der Waals surface area contributed by atoms with E-state index >= 15 is 0 Å². The minimum atomic E-state index is -3.59. The van der Waals surface area contributed by atoms with E-state index in [2.05, 4.69) is 9.71 Å². The van der Waals surface area contributed by atoms with Crippen LogP contribution in [0.2, 0.25) is 0 Å². The lowest BCUT2D eigenvalue weighted by Crippen LogP contribution is -2.15. The summed E-state index contributed by atoms with van der Waals surface area (Å²) in [6.07, 6.45) is 9.88. The summed E-state index contributed by atoms with van der Waals surface area (Å²) in [6.45, 7) is 0. The molecular weight excluding hydrogens is 508 g/mol. The first-order chi connectivity index (χ1) is 19.0. The fraction of sp³-hybridized carbons (Fsp3) is 0.281. The molecule has 6 nitrogen and oxygen atoms in total. The Hall–Kier alpha value is -3.84. The molecular formula is C32H34N2O4S. The molecule has 3 aromatic carbocycles. The van der Waals surface area contributed by atoms with Gasteiger partial charge in [0.05, 0.1) is 19.0 Å². The number of nitrogens with one attached hydrogen (secondary N) is 1. The molecule has 7 heteroatoms. The number of hydrogen-bond acceptors (Lipinski definition) is 5. The molecule has 0 aliphatic heterocycles. The second-order valence-electron chi connectivity index (χ2n) is 9.96. The summed E-state index contributed by atoms with van der Waals surface area (Å²) in [7, 11) is -1.94. The zero-order valence-electron chi connectivity index (χ0n) is 22.2. The molecule has 0 atom stereocenters. The van der Waals surface area contributed by atoms with Gasteiger partial charge in [0.2, 0.25) is 10.0 Å². The summed E-state index contributed by atoms with van der Waals surface area (Å²) in [5, 5.41) is 0. The van der Waals surface area contributed by atoms with Crippen LogP contribution < -0.4 is 14.2 Å². The van der Waals surface area contributed by atoms with E-state index in [0.717, 1.165) is 53.7 Å². The van der Waals surface area contributed by atoms with Gasteiger partial charge in [-0.05, 0) is 103 Å². The number of anilines is 1. The third-order valence-electron chi connectivity index (χ3n) is 7.09. The van der Waals surface area contributed by atoms with Crippen LogP contribution in [0.25, 0.3) is 11.1 Å². The molecule has 4 aromatic rings. The smallest absolute Gasteiger partial charge is 0.236 e. The molecule has 1 aromatic heterocycles. The summed E-state index contributed by atoms with van der Waals surface area (Å²) in [5.41, 5.74) is 5.50. The lowest BCUT2D eigenvalue weighted by molar-refractivity contribution is 0.201. The Bertz CT molecular complexity index is 1490. The second kappa shape index (κ2) is 12.3. The number of ether oxygens (including phenoxy) is 2. The Morgan fingerprint density at radius 3 is 2.36 bits per heavy atom. The Morgan fingerprint density at radius 2 is 1.62 bits per heavy atom. The quantitative estimate of drug-likeness (QED) is 0.225. The minimum Gasteiger partial charge on any atom is -0.493 e. The number of pyridine rings is 1. The van der Waals surface area contributed by atoms with Gasteiger partial charge in [-0.25, -0.2) is 8.42 Å². The number of sulfonamides is 1. The molecule has 0 saturated heterocycles. The van der Waals surface area contributed by atoms with Gasteiger partial charge in [0, 0.05) is 18.1 Å². The van der Waals surface area contributed by atoms with Gasteiger partial charge in [-0.15, -0.1) is 0 Å². The maximum Gasteiger partial charge on any atom is 0.236 e. The third-order valence-corrected chi connectivity index (χ3v) is 8.35. The topological polar surface area (TPSA) is 77.5 Å². The molecule has 1 heterocycles. The monoisotopic (exact) mass is 542 g/mol. The van der Waals surface area contributed by atoms with Crippen LogP contribution in [0.4, 0.5) is 5.69 Å². The van der Waals surface area contributed by atoms with E-state index in [0.29, 0.717) is 11.4 Å². The van der Waals surface area contributed by atoms with Crippen molar-refractivity contribution in [1.82, 2.24) is 4.98 Å². The average Bonchev–Trinajstić information content (AvgIpc) is 3.46. The van der Waals surface area contributed by atoms with Crippen LogP contribution in [0.5, 0.6) is 11.5 Å². The number of benzene rings is 3. The predicted molar refractivity (Wildman–Crippen MR) is 156 cm³/mol. The molecule has 0 bridgehead atoms. The number of hydrogen-bond donors (Lipinski definition) is 1. The summed E-state index contributed by atoms with van der Waals surface area (Å²) in [4.78, 5) is 4.12. The maximum atomic E-state index is 13.0. The normalized spacial score (nSPS) is 13.8. The van der Waals surface area contributed by atoms with Gasteiger partial charge in [0.1, 0.15) is 0 Å². The van der Waals surface area contributed by atoms with Crippen molar-refractivity contribution in [2.24, 2.45) is 0 Å². The number of nitrogens with zero attached hydrogens (tertiary/aromatic N) is 1. The number of aromatic nitrogens is 1. The van der Waals surface area contributed by atoms with E-state index in [9.17, 15) is 8.42 Å². The molecule has 1 N–H and O–H groups in total. The van der Waals surface area contributed by atoms with Crippen molar-refractivity contribution in [3.8, 4) is 22.6 Å². The summed E-state index contributed by atoms with van der Waals surface area (Å²) < 4.78 is 40.7. The summed E-state index contributed by atoms with van der Waals surface area (Å²) in [6, 6.07) is 25.0. The predicted octanol–water partition coefficient (Wildman–Crippen LogP) is 6.81. The first kappa shape index (κ1) is 26.8. The van der Waals surface area contributed by atoms with Crippen LogP contribution in [0.15, 0.2) is 91.3 Å². The summed E-state index contributed by atoms with van der Waals surface area (Å²) >= 11 is 0. The SMILES string of the molecule is COc1ccc(-c2cc(NS(=O)(=O)Cc3ccccc3)ccc2CCc2ccncc2)cc1OC1CCCC1. The standard InChI is InChI=1S/C32H34N2O4S/c1-37-31-16-14-27(21-32(31)38-29-9-5-6-10-29)30-22-28(34-39(35,36)23-25-7-3-2-4-8-25)15-13-26(30)12-11-24-17-19-33-20-18-24/h2-4,7-8,13-22,29,34H,5-6,9-12,23H2,1H3. The van der Waals surface area contributed by atoms with Crippen LogP contribution in [-0.4, -0.2) is 26.6 Å². The van der Waals surface area contributed by atoms with Crippen molar-refractivity contribution in [2.45, 2.75) is 50.4 Å². The van der Waals surface area contributed by atoms with Gasteiger partial charge in [0.15, 0.2) is 11.5 Å². The van der Waals surface area contributed by atoms with Gasteiger partial charge >= 0.3 is 0 Å². The highest BCUT2D eigenvalue weighted by Crippen LogP contribution is 2.37. The van der Waals surface area contributed by atoms with Crippen LogP contribution in [0, 0.1) is 0 Å². The van der Waals surface area contributed by atoms with Crippen molar-refractivity contribution in [3.63, 3.8) is 0 Å². The molecule has 0 unspecified atom stereocenters. The van der Waals surface area contributed by atoms with Crippen LogP contribution >= 0.6 is 0 Å². The molecule has 0 amide bonds. The highest BCUT2D eigenvalue weighted by Gasteiger charge is 2.20. The van der Waals surface area contributed by atoms with Crippen molar-refractivity contribution < 1.29 is 17.9 Å². The van der Waals surface area contributed by atoms with E-state index in [-0.39, 0.29) is 11.9 Å². The molecule has 1 fully saturated rings. The first-order valence-electron chi connectivity index (χ1n) is 13.4. The number of aryl methyl sites for hydroxylation is 2. The molecule has 0 radical (unpaired) electrons. The second-order valence-corrected chi connectivity index (χ2v) is 11.7. The number of rotatable bonds is 11. The Kier molecular flexibility index (Phi) is 8.47. The van der Waals surface area contributed by atoms with Gasteiger partial charge in [-0.3, -0.25) is 9.71 Å². The molecule has 1 aliphatic carbocycles. The van der Waals surface area contributed by atoms with E-state index in [1.165, 1.54) is 18.4 Å². The molecule has 202 valence electrons. The van der Waals surface area contributed by atoms with Crippen molar-refractivity contribution in [1.29, 1.82) is 0 Å².